The van der Waals surface area contributed by atoms with Gasteiger partial charge in [0, 0.05) is 41.8 Å². The van der Waals surface area contributed by atoms with Crippen LogP contribution in [0.2, 0.25) is 0 Å². The molecule has 0 unspecified atom stereocenters. The number of benzene rings is 1. The fraction of sp³-hybridized carbons (Fsp3) is 0.381. The summed E-state index contributed by atoms with van der Waals surface area (Å²) in [5, 5.41) is 15.1. The summed E-state index contributed by atoms with van der Waals surface area (Å²) in [6.45, 7) is 6.01. The van der Waals surface area contributed by atoms with E-state index in [-0.39, 0.29) is 6.61 Å². The number of H-pyrrole nitrogens is 1. The van der Waals surface area contributed by atoms with Crippen LogP contribution in [0, 0.1) is 0 Å². The molecular formula is C21H26N6O3. The molecule has 1 aliphatic rings. The van der Waals surface area contributed by atoms with Crippen LogP contribution in [0.3, 0.4) is 0 Å². The highest BCUT2D eigenvalue weighted by atomic mass is 16.5. The van der Waals surface area contributed by atoms with Crippen molar-refractivity contribution in [1.82, 2.24) is 15.0 Å². The number of rotatable bonds is 6. The summed E-state index contributed by atoms with van der Waals surface area (Å²) in [5.74, 6) is 6.68. The number of para-hydroxylation sites is 1. The number of hydrazone groups is 1. The van der Waals surface area contributed by atoms with E-state index >= 15 is 0 Å². The molecule has 9 heteroatoms. The Hall–Kier alpha value is -3.17. The summed E-state index contributed by atoms with van der Waals surface area (Å²) in [6, 6.07) is 9.62. The molecule has 1 aromatic carbocycles. The van der Waals surface area contributed by atoms with Gasteiger partial charge in [-0.25, -0.2) is 4.98 Å². The topological polar surface area (TPSA) is 122 Å². The molecule has 0 bridgehead atoms. The number of hydrogen-bond donors (Lipinski definition) is 3. The molecule has 4 rings (SSSR count). The van der Waals surface area contributed by atoms with Crippen molar-refractivity contribution in [2.24, 2.45) is 10.9 Å². The Morgan fingerprint density at radius 3 is 2.80 bits per heavy atom. The number of hydrogen-bond acceptors (Lipinski definition) is 8. The molecule has 4 N–H and O–H groups in total. The fourth-order valence-electron chi connectivity index (χ4n) is 3.30. The van der Waals surface area contributed by atoms with Gasteiger partial charge < -0.3 is 30.3 Å². The minimum absolute atomic E-state index is 0.0915. The second-order valence-electron chi connectivity index (χ2n) is 7.82. The largest absolute Gasteiger partial charge is 0.474 e. The molecule has 9 nitrogen and oxygen atoms in total. The average Bonchev–Trinajstić information content (AvgIpc) is 3.17. The molecule has 0 spiro atoms. The fourth-order valence-corrected chi connectivity index (χ4v) is 3.30. The van der Waals surface area contributed by atoms with E-state index in [4.69, 9.17) is 20.3 Å². The average molecular weight is 410 g/mol. The van der Waals surface area contributed by atoms with Gasteiger partial charge in [0.05, 0.1) is 18.8 Å². The number of fused-ring (bicyclic) bond motifs is 1. The standard InChI is InChI=1S/C21H26N6O3/c1-21(2,28)13-30-18-11-17(24-20(25-18)27-7-9-29-10-8-27)19(26-22)15-12-23-16-6-4-3-5-14(15)16/h3-6,11-12,23,28H,7-10,13,22H2,1-2H3. The first-order chi connectivity index (χ1) is 14.4. The van der Waals surface area contributed by atoms with E-state index in [1.807, 2.05) is 35.4 Å². The molecule has 3 aromatic rings. The Morgan fingerprint density at radius 2 is 2.07 bits per heavy atom. The van der Waals surface area contributed by atoms with Crippen molar-refractivity contribution in [2.75, 3.05) is 37.8 Å². The molecule has 30 heavy (non-hydrogen) atoms. The molecule has 1 fully saturated rings. The molecular weight excluding hydrogens is 384 g/mol. The molecule has 1 saturated heterocycles. The van der Waals surface area contributed by atoms with Crippen molar-refractivity contribution in [3.05, 3.63) is 47.8 Å². The predicted molar refractivity (Wildman–Crippen MR) is 115 cm³/mol. The number of aromatic nitrogens is 3. The molecule has 2 aromatic heterocycles. The first-order valence-electron chi connectivity index (χ1n) is 9.86. The van der Waals surface area contributed by atoms with Crippen molar-refractivity contribution in [1.29, 1.82) is 0 Å². The monoisotopic (exact) mass is 410 g/mol. The molecule has 0 amide bonds. The van der Waals surface area contributed by atoms with Gasteiger partial charge in [-0.1, -0.05) is 18.2 Å². The minimum atomic E-state index is -0.994. The number of aliphatic hydroxyl groups is 1. The van der Waals surface area contributed by atoms with Crippen LogP contribution in [0.25, 0.3) is 10.9 Å². The Morgan fingerprint density at radius 1 is 1.30 bits per heavy atom. The van der Waals surface area contributed by atoms with Gasteiger partial charge in [-0.05, 0) is 19.9 Å². The smallest absolute Gasteiger partial charge is 0.229 e. The van der Waals surface area contributed by atoms with Gasteiger partial charge in [0.1, 0.15) is 18.0 Å². The lowest BCUT2D eigenvalue weighted by Gasteiger charge is -2.27. The van der Waals surface area contributed by atoms with Crippen LogP contribution < -0.4 is 15.5 Å². The van der Waals surface area contributed by atoms with E-state index in [9.17, 15) is 5.11 Å². The third-order valence-electron chi connectivity index (χ3n) is 4.77. The van der Waals surface area contributed by atoms with Crippen LogP contribution in [0.15, 0.2) is 41.6 Å². The van der Waals surface area contributed by atoms with Crippen LogP contribution in [0.1, 0.15) is 25.1 Å². The van der Waals surface area contributed by atoms with Crippen molar-refractivity contribution < 1.29 is 14.6 Å². The summed E-state index contributed by atoms with van der Waals surface area (Å²) in [5.41, 5.74) is 1.90. The number of anilines is 1. The van der Waals surface area contributed by atoms with Crippen LogP contribution in [0.5, 0.6) is 5.88 Å². The number of nitrogens with zero attached hydrogens (tertiary/aromatic N) is 4. The van der Waals surface area contributed by atoms with Gasteiger partial charge in [0.15, 0.2) is 0 Å². The molecule has 1 aliphatic heterocycles. The Balaban J connectivity index is 1.76. The van der Waals surface area contributed by atoms with Gasteiger partial charge in [-0.2, -0.15) is 10.1 Å². The van der Waals surface area contributed by atoms with E-state index in [1.165, 1.54) is 0 Å². The van der Waals surface area contributed by atoms with Crippen LogP contribution in [0.4, 0.5) is 5.95 Å². The Kier molecular flexibility index (Phi) is 5.56. The summed E-state index contributed by atoms with van der Waals surface area (Å²) < 4.78 is 11.2. The van der Waals surface area contributed by atoms with Crippen molar-refractivity contribution in [2.45, 2.75) is 19.4 Å². The SMILES string of the molecule is CC(C)(O)COc1cc(C(=NN)c2c[nH]c3ccccc23)nc(N2CCOCC2)n1. The van der Waals surface area contributed by atoms with Gasteiger partial charge in [-0.15, -0.1) is 0 Å². The van der Waals surface area contributed by atoms with Gasteiger partial charge >= 0.3 is 0 Å². The first kappa shape index (κ1) is 20.1. The van der Waals surface area contributed by atoms with E-state index in [0.717, 1.165) is 16.5 Å². The number of ether oxygens (including phenoxy) is 2. The quantitative estimate of drug-likeness (QED) is 0.321. The lowest BCUT2D eigenvalue weighted by Crippen LogP contribution is -2.37. The summed E-state index contributed by atoms with van der Waals surface area (Å²) in [6.07, 6.45) is 1.87. The maximum atomic E-state index is 10.0. The van der Waals surface area contributed by atoms with Gasteiger partial charge in [0.25, 0.3) is 0 Å². The van der Waals surface area contributed by atoms with Crippen molar-refractivity contribution >= 4 is 22.6 Å². The summed E-state index contributed by atoms with van der Waals surface area (Å²) in [7, 11) is 0. The normalized spacial score (nSPS) is 15.6. The summed E-state index contributed by atoms with van der Waals surface area (Å²) in [4.78, 5) is 14.5. The Bertz CT molecular complexity index is 1050. The highest BCUT2D eigenvalue weighted by molar-refractivity contribution is 6.18. The number of nitrogens with one attached hydrogen (secondary N) is 1. The van der Waals surface area contributed by atoms with E-state index in [2.05, 4.69) is 15.1 Å². The minimum Gasteiger partial charge on any atom is -0.474 e. The molecule has 0 aliphatic carbocycles. The number of aromatic amines is 1. The first-order valence-corrected chi connectivity index (χ1v) is 9.86. The third kappa shape index (κ3) is 4.37. The zero-order chi connectivity index (χ0) is 21.1. The van der Waals surface area contributed by atoms with E-state index in [0.29, 0.717) is 49.5 Å². The molecule has 0 radical (unpaired) electrons. The predicted octanol–water partition coefficient (Wildman–Crippen LogP) is 1.66. The van der Waals surface area contributed by atoms with Gasteiger partial charge in [0.2, 0.25) is 11.8 Å². The second-order valence-corrected chi connectivity index (χ2v) is 7.82. The number of nitrogens with two attached hydrogens (primary N) is 1. The zero-order valence-corrected chi connectivity index (χ0v) is 17.1. The molecule has 3 heterocycles. The van der Waals surface area contributed by atoms with E-state index < -0.39 is 5.60 Å². The van der Waals surface area contributed by atoms with Crippen LogP contribution in [-0.2, 0) is 4.74 Å². The molecule has 0 saturated carbocycles. The van der Waals surface area contributed by atoms with Gasteiger partial charge in [-0.3, -0.25) is 0 Å². The molecule has 0 atom stereocenters. The molecule has 158 valence electrons. The van der Waals surface area contributed by atoms with E-state index in [1.54, 1.807) is 19.9 Å². The Labute approximate surface area is 174 Å². The third-order valence-corrected chi connectivity index (χ3v) is 4.77. The lowest BCUT2D eigenvalue weighted by molar-refractivity contribution is 0.0268. The van der Waals surface area contributed by atoms with Crippen molar-refractivity contribution in [3.8, 4) is 5.88 Å². The summed E-state index contributed by atoms with van der Waals surface area (Å²) >= 11 is 0. The second kappa shape index (κ2) is 8.29. The van der Waals surface area contributed by atoms with Crippen LogP contribution in [-0.4, -0.2) is 64.3 Å². The van der Waals surface area contributed by atoms with Crippen molar-refractivity contribution in [3.63, 3.8) is 0 Å². The lowest BCUT2D eigenvalue weighted by atomic mass is 10.1. The highest BCUT2D eigenvalue weighted by Gasteiger charge is 2.22. The zero-order valence-electron chi connectivity index (χ0n) is 17.1. The maximum absolute atomic E-state index is 10.0. The van der Waals surface area contributed by atoms with Crippen LogP contribution >= 0.6 is 0 Å². The maximum Gasteiger partial charge on any atom is 0.229 e. The number of morpholine rings is 1. The highest BCUT2D eigenvalue weighted by Crippen LogP contribution is 2.24.